The van der Waals surface area contributed by atoms with Crippen molar-refractivity contribution in [2.45, 2.75) is 44.6 Å². The normalized spacial score (nSPS) is 20.8. The summed E-state index contributed by atoms with van der Waals surface area (Å²) in [4.78, 5) is 2.42. The molecule has 0 aliphatic heterocycles. The van der Waals surface area contributed by atoms with Crippen LogP contribution in [-0.4, -0.2) is 44.3 Å². The first-order valence-electron chi connectivity index (χ1n) is 6.52. The molecule has 1 unspecified atom stereocenters. The molecule has 1 aliphatic carbocycles. The van der Waals surface area contributed by atoms with E-state index in [1.807, 2.05) is 0 Å². The van der Waals surface area contributed by atoms with E-state index in [2.05, 4.69) is 18.9 Å². The van der Waals surface area contributed by atoms with Crippen LogP contribution in [0.2, 0.25) is 0 Å². The number of rotatable bonds is 8. The van der Waals surface area contributed by atoms with Gasteiger partial charge in [-0.3, -0.25) is 4.90 Å². The topological polar surface area (TPSA) is 38.5 Å². The Labute approximate surface area is 100 Å². The number of nitrogens with zero attached hydrogens (tertiary/aromatic N) is 1. The molecule has 0 aromatic heterocycles. The van der Waals surface area contributed by atoms with Crippen molar-refractivity contribution in [3.05, 3.63) is 0 Å². The molecular formula is C13H28N2O. The molecule has 1 atom stereocenters. The molecule has 0 amide bonds. The van der Waals surface area contributed by atoms with E-state index in [1.165, 1.54) is 25.7 Å². The lowest BCUT2D eigenvalue weighted by Crippen LogP contribution is -2.51. The van der Waals surface area contributed by atoms with Crippen molar-refractivity contribution >= 4 is 0 Å². The van der Waals surface area contributed by atoms with Crippen molar-refractivity contribution < 1.29 is 4.74 Å². The Morgan fingerprint density at radius 3 is 2.56 bits per heavy atom. The zero-order chi connectivity index (χ0) is 12.0. The summed E-state index contributed by atoms with van der Waals surface area (Å²) in [6, 6.07) is 0. The van der Waals surface area contributed by atoms with Crippen molar-refractivity contribution in [1.82, 2.24) is 4.90 Å². The van der Waals surface area contributed by atoms with E-state index in [4.69, 9.17) is 10.5 Å². The van der Waals surface area contributed by atoms with Gasteiger partial charge in [-0.1, -0.05) is 19.3 Å². The Morgan fingerprint density at radius 1 is 1.44 bits per heavy atom. The summed E-state index contributed by atoms with van der Waals surface area (Å²) < 4.78 is 5.09. The predicted molar refractivity (Wildman–Crippen MR) is 68.5 cm³/mol. The number of nitrogens with two attached hydrogens (primary N) is 1. The number of ether oxygens (including phenoxy) is 1. The summed E-state index contributed by atoms with van der Waals surface area (Å²) >= 11 is 0. The van der Waals surface area contributed by atoms with Crippen LogP contribution in [0, 0.1) is 5.92 Å². The molecule has 2 N–H and O–H groups in total. The molecule has 0 heterocycles. The summed E-state index contributed by atoms with van der Waals surface area (Å²) in [6.07, 6.45) is 6.57. The average molecular weight is 228 g/mol. The third-order valence-electron chi connectivity index (χ3n) is 4.16. The van der Waals surface area contributed by atoms with Gasteiger partial charge in [0.1, 0.15) is 0 Å². The SMILES string of the molecule is COCCCN(C)C(C)(CN)CC1CCC1. The molecule has 16 heavy (non-hydrogen) atoms. The molecule has 1 fully saturated rings. The molecule has 1 rings (SSSR count). The van der Waals surface area contributed by atoms with Crippen molar-refractivity contribution in [3.63, 3.8) is 0 Å². The maximum atomic E-state index is 5.97. The Balaban J connectivity index is 2.35. The first kappa shape index (κ1) is 13.9. The van der Waals surface area contributed by atoms with E-state index in [9.17, 15) is 0 Å². The minimum atomic E-state index is 0.179. The van der Waals surface area contributed by atoms with Gasteiger partial charge in [-0.05, 0) is 32.7 Å². The number of methoxy groups -OCH3 is 1. The Kier molecular flexibility index (Phi) is 5.73. The molecule has 0 bridgehead atoms. The van der Waals surface area contributed by atoms with Gasteiger partial charge in [0, 0.05) is 32.3 Å². The summed E-state index contributed by atoms with van der Waals surface area (Å²) in [5.41, 5.74) is 6.15. The fraction of sp³-hybridized carbons (Fsp3) is 1.00. The minimum Gasteiger partial charge on any atom is -0.385 e. The monoisotopic (exact) mass is 228 g/mol. The highest BCUT2D eigenvalue weighted by molar-refractivity contribution is 4.90. The third-order valence-corrected chi connectivity index (χ3v) is 4.16. The van der Waals surface area contributed by atoms with Gasteiger partial charge < -0.3 is 10.5 Å². The van der Waals surface area contributed by atoms with Crippen molar-refractivity contribution in [2.24, 2.45) is 11.7 Å². The van der Waals surface area contributed by atoms with Gasteiger partial charge in [0.25, 0.3) is 0 Å². The smallest absolute Gasteiger partial charge is 0.0474 e. The Bertz CT molecular complexity index is 194. The van der Waals surface area contributed by atoms with E-state index in [0.717, 1.165) is 32.0 Å². The van der Waals surface area contributed by atoms with Gasteiger partial charge in [-0.15, -0.1) is 0 Å². The van der Waals surface area contributed by atoms with Crippen molar-refractivity contribution in [3.8, 4) is 0 Å². The van der Waals surface area contributed by atoms with Crippen LogP contribution in [0.5, 0.6) is 0 Å². The largest absolute Gasteiger partial charge is 0.385 e. The lowest BCUT2D eigenvalue weighted by atomic mass is 9.76. The Morgan fingerprint density at radius 2 is 2.12 bits per heavy atom. The number of likely N-dealkylation sites (N-methyl/N-ethyl adjacent to an activating group) is 1. The molecule has 0 spiro atoms. The maximum Gasteiger partial charge on any atom is 0.0474 e. The molecule has 0 radical (unpaired) electrons. The molecule has 0 aromatic carbocycles. The summed E-state index contributed by atoms with van der Waals surface area (Å²) in [7, 11) is 3.96. The minimum absolute atomic E-state index is 0.179. The highest BCUT2D eigenvalue weighted by Crippen LogP contribution is 2.35. The third kappa shape index (κ3) is 3.72. The number of hydrogen-bond donors (Lipinski definition) is 1. The van der Waals surface area contributed by atoms with Crippen LogP contribution in [0.15, 0.2) is 0 Å². The first-order chi connectivity index (χ1) is 7.62. The lowest BCUT2D eigenvalue weighted by Gasteiger charge is -2.42. The average Bonchev–Trinajstić information content (AvgIpc) is 2.23. The van der Waals surface area contributed by atoms with Gasteiger partial charge in [0.2, 0.25) is 0 Å². The maximum absolute atomic E-state index is 5.97. The summed E-state index contributed by atoms with van der Waals surface area (Å²) in [5, 5.41) is 0. The second-order valence-electron chi connectivity index (χ2n) is 5.47. The first-order valence-corrected chi connectivity index (χ1v) is 6.52. The van der Waals surface area contributed by atoms with E-state index in [0.29, 0.717) is 0 Å². The highest BCUT2D eigenvalue weighted by Gasteiger charge is 2.32. The van der Waals surface area contributed by atoms with Crippen LogP contribution < -0.4 is 5.73 Å². The molecule has 0 saturated heterocycles. The highest BCUT2D eigenvalue weighted by atomic mass is 16.5. The van der Waals surface area contributed by atoms with E-state index >= 15 is 0 Å². The van der Waals surface area contributed by atoms with Gasteiger partial charge in [-0.2, -0.15) is 0 Å². The molecule has 3 nitrogen and oxygen atoms in total. The van der Waals surface area contributed by atoms with Crippen molar-refractivity contribution in [2.75, 3.05) is 33.9 Å². The Hall–Kier alpha value is -0.120. The van der Waals surface area contributed by atoms with Crippen LogP contribution in [0.4, 0.5) is 0 Å². The number of hydrogen-bond acceptors (Lipinski definition) is 3. The van der Waals surface area contributed by atoms with Crippen molar-refractivity contribution in [1.29, 1.82) is 0 Å². The molecule has 1 saturated carbocycles. The predicted octanol–water partition coefficient (Wildman–Crippen LogP) is 1.86. The summed E-state index contributed by atoms with van der Waals surface area (Å²) in [5.74, 6) is 0.915. The molecular weight excluding hydrogens is 200 g/mol. The van der Waals surface area contributed by atoms with Crippen LogP contribution in [0.1, 0.15) is 39.0 Å². The van der Waals surface area contributed by atoms with E-state index in [1.54, 1.807) is 7.11 Å². The van der Waals surface area contributed by atoms with E-state index in [-0.39, 0.29) is 5.54 Å². The van der Waals surface area contributed by atoms with Gasteiger partial charge in [0.05, 0.1) is 0 Å². The fourth-order valence-electron chi connectivity index (χ4n) is 2.43. The molecule has 96 valence electrons. The lowest BCUT2D eigenvalue weighted by molar-refractivity contribution is 0.0812. The van der Waals surface area contributed by atoms with Crippen LogP contribution in [-0.2, 0) is 4.74 Å². The van der Waals surface area contributed by atoms with Crippen LogP contribution in [0.25, 0.3) is 0 Å². The standard InChI is InChI=1S/C13H28N2O/c1-13(11-14,10-12-6-4-7-12)15(2)8-5-9-16-3/h12H,4-11,14H2,1-3H3. The molecule has 3 heteroatoms. The quantitative estimate of drug-likeness (QED) is 0.645. The van der Waals surface area contributed by atoms with Crippen LogP contribution in [0.3, 0.4) is 0 Å². The van der Waals surface area contributed by atoms with Gasteiger partial charge in [-0.25, -0.2) is 0 Å². The zero-order valence-electron chi connectivity index (χ0n) is 11.2. The second kappa shape index (κ2) is 6.58. The van der Waals surface area contributed by atoms with Gasteiger partial charge in [0.15, 0.2) is 0 Å². The summed E-state index contributed by atoms with van der Waals surface area (Å²) in [6.45, 7) is 4.98. The molecule has 1 aliphatic rings. The second-order valence-corrected chi connectivity index (χ2v) is 5.47. The van der Waals surface area contributed by atoms with E-state index < -0.39 is 0 Å². The zero-order valence-corrected chi connectivity index (χ0v) is 11.2. The fourth-order valence-corrected chi connectivity index (χ4v) is 2.43. The van der Waals surface area contributed by atoms with Gasteiger partial charge >= 0.3 is 0 Å². The van der Waals surface area contributed by atoms with Crippen LogP contribution >= 0.6 is 0 Å². The molecule has 0 aromatic rings.